The Morgan fingerprint density at radius 2 is 1.82 bits per heavy atom. The maximum Gasteiger partial charge on any atom is 0.228 e. The van der Waals surface area contributed by atoms with Crippen LogP contribution >= 0.6 is 0 Å². The van der Waals surface area contributed by atoms with Gasteiger partial charge in [0.2, 0.25) is 11.9 Å². The van der Waals surface area contributed by atoms with Crippen LogP contribution in [-0.2, 0) is 0 Å². The minimum atomic E-state index is 0.252. The monoisotopic (exact) mass is 227 g/mol. The van der Waals surface area contributed by atoms with Crippen molar-refractivity contribution < 1.29 is 0 Å². The Bertz CT molecular complexity index is 522. The van der Waals surface area contributed by atoms with E-state index in [2.05, 4.69) is 20.3 Å². The van der Waals surface area contributed by atoms with E-state index in [1.807, 2.05) is 30.3 Å². The molecule has 3 N–H and O–H groups in total. The maximum atomic E-state index is 5.69. The molecule has 1 aromatic carbocycles. The molecule has 1 heterocycles. The number of nitrogens with one attached hydrogen (secondary N) is 1. The number of nitrogen functional groups attached to an aromatic ring is 1. The molecule has 2 aromatic rings. The van der Waals surface area contributed by atoms with Crippen molar-refractivity contribution in [2.24, 2.45) is 0 Å². The highest BCUT2D eigenvalue weighted by Gasteiger charge is 2.22. The zero-order chi connectivity index (χ0) is 11.7. The number of aromatic nitrogens is 3. The van der Waals surface area contributed by atoms with Crippen molar-refractivity contribution in [2.75, 3.05) is 11.1 Å². The van der Waals surface area contributed by atoms with Crippen LogP contribution in [0.1, 0.15) is 12.8 Å². The van der Waals surface area contributed by atoms with Gasteiger partial charge in [0, 0.05) is 11.6 Å². The minimum Gasteiger partial charge on any atom is -0.368 e. The van der Waals surface area contributed by atoms with Crippen LogP contribution in [0.2, 0.25) is 0 Å². The summed E-state index contributed by atoms with van der Waals surface area (Å²) in [5.74, 6) is 1.43. The molecule has 5 heteroatoms. The molecule has 1 aliphatic carbocycles. The first-order valence-corrected chi connectivity index (χ1v) is 5.65. The van der Waals surface area contributed by atoms with Crippen LogP contribution in [0.25, 0.3) is 11.4 Å². The summed E-state index contributed by atoms with van der Waals surface area (Å²) >= 11 is 0. The second-order valence-corrected chi connectivity index (χ2v) is 4.13. The Hall–Kier alpha value is -2.17. The third kappa shape index (κ3) is 2.33. The predicted octanol–water partition coefficient (Wildman–Crippen LogP) is 1.70. The summed E-state index contributed by atoms with van der Waals surface area (Å²) in [6.07, 6.45) is 2.35. The standard InChI is InChI=1S/C12H13N5/c13-11-15-10(8-4-2-1-3-5-8)16-12(17-11)14-9-6-7-9/h1-5,9H,6-7H2,(H3,13,14,15,16,17). The van der Waals surface area contributed by atoms with Gasteiger partial charge < -0.3 is 11.1 Å². The Kier molecular flexibility index (Phi) is 2.36. The molecule has 1 aromatic heterocycles. The van der Waals surface area contributed by atoms with Crippen LogP contribution < -0.4 is 11.1 Å². The number of anilines is 2. The molecule has 1 aliphatic rings. The van der Waals surface area contributed by atoms with Crippen molar-refractivity contribution in [3.05, 3.63) is 30.3 Å². The van der Waals surface area contributed by atoms with Crippen LogP contribution in [0, 0.1) is 0 Å². The molecule has 17 heavy (non-hydrogen) atoms. The molecule has 0 radical (unpaired) electrons. The smallest absolute Gasteiger partial charge is 0.228 e. The first-order valence-electron chi connectivity index (χ1n) is 5.65. The predicted molar refractivity (Wildman–Crippen MR) is 66.3 cm³/mol. The maximum absolute atomic E-state index is 5.69. The van der Waals surface area contributed by atoms with Gasteiger partial charge >= 0.3 is 0 Å². The van der Waals surface area contributed by atoms with Crippen molar-refractivity contribution in [3.8, 4) is 11.4 Å². The largest absolute Gasteiger partial charge is 0.368 e. The van der Waals surface area contributed by atoms with Gasteiger partial charge in [-0.15, -0.1) is 0 Å². The molecule has 0 amide bonds. The third-order valence-corrected chi connectivity index (χ3v) is 2.60. The fourth-order valence-electron chi connectivity index (χ4n) is 1.58. The minimum absolute atomic E-state index is 0.252. The summed E-state index contributed by atoms with van der Waals surface area (Å²) in [6, 6.07) is 10.3. The van der Waals surface area contributed by atoms with Crippen molar-refractivity contribution in [1.29, 1.82) is 0 Å². The zero-order valence-electron chi connectivity index (χ0n) is 9.30. The first-order chi connectivity index (χ1) is 8.31. The van der Waals surface area contributed by atoms with Gasteiger partial charge in [0.05, 0.1) is 0 Å². The van der Waals surface area contributed by atoms with Gasteiger partial charge in [0.25, 0.3) is 0 Å². The van der Waals surface area contributed by atoms with E-state index in [0.717, 1.165) is 5.56 Å². The van der Waals surface area contributed by atoms with Gasteiger partial charge in [0.15, 0.2) is 5.82 Å². The number of nitrogens with zero attached hydrogens (tertiary/aromatic N) is 3. The number of rotatable bonds is 3. The summed E-state index contributed by atoms with van der Waals surface area (Å²) in [5.41, 5.74) is 6.64. The molecule has 0 spiro atoms. The van der Waals surface area contributed by atoms with E-state index in [1.54, 1.807) is 0 Å². The molecule has 0 unspecified atom stereocenters. The highest BCUT2D eigenvalue weighted by atomic mass is 15.2. The lowest BCUT2D eigenvalue weighted by molar-refractivity contribution is 1.02. The Morgan fingerprint density at radius 3 is 2.53 bits per heavy atom. The molecule has 1 fully saturated rings. The number of benzene rings is 1. The van der Waals surface area contributed by atoms with Gasteiger partial charge in [-0.3, -0.25) is 0 Å². The lowest BCUT2D eigenvalue weighted by Gasteiger charge is -2.05. The van der Waals surface area contributed by atoms with Gasteiger partial charge in [0.1, 0.15) is 0 Å². The second kappa shape index (κ2) is 4.01. The molecular formula is C12H13N5. The Balaban J connectivity index is 1.95. The highest BCUT2D eigenvalue weighted by molar-refractivity contribution is 5.57. The molecule has 5 nitrogen and oxygen atoms in total. The van der Waals surface area contributed by atoms with E-state index >= 15 is 0 Å². The van der Waals surface area contributed by atoms with E-state index in [0.29, 0.717) is 17.8 Å². The zero-order valence-corrected chi connectivity index (χ0v) is 9.30. The van der Waals surface area contributed by atoms with E-state index in [-0.39, 0.29) is 5.95 Å². The summed E-state index contributed by atoms with van der Waals surface area (Å²) in [7, 11) is 0. The van der Waals surface area contributed by atoms with Crippen LogP contribution in [0.3, 0.4) is 0 Å². The van der Waals surface area contributed by atoms with Gasteiger partial charge in [-0.1, -0.05) is 30.3 Å². The topological polar surface area (TPSA) is 76.7 Å². The average Bonchev–Trinajstić information content (AvgIpc) is 3.13. The van der Waals surface area contributed by atoms with Crippen molar-refractivity contribution in [1.82, 2.24) is 15.0 Å². The molecule has 86 valence electrons. The number of hydrogen-bond acceptors (Lipinski definition) is 5. The van der Waals surface area contributed by atoms with Crippen LogP contribution in [0.5, 0.6) is 0 Å². The van der Waals surface area contributed by atoms with Gasteiger partial charge in [-0.2, -0.15) is 15.0 Å². The van der Waals surface area contributed by atoms with Gasteiger partial charge in [-0.25, -0.2) is 0 Å². The van der Waals surface area contributed by atoms with Crippen molar-refractivity contribution in [2.45, 2.75) is 18.9 Å². The van der Waals surface area contributed by atoms with E-state index in [4.69, 9.17) is 5.73 Å². The first kappa shape index (κ1) is 10.0. The van der Waals surface area contributed by atoms with Crippen LogP contribution in [0.4, 0.5) is 11.9 Å². The van der Waals surface area contributed by atoms with Crippen LogP contribution in [0.15, 0.2) is 30.3 Å². The molecule has 0 bridgehead atoms. The molecule has 3 rings (SSSR count). The lowest BCUT2D eigenvalue weighted by atomic mass is 10.2. The summed E-state index contributed by atoms with van der Waals surface area (Å²) in [4.78, 5) is 12.6. The average molecular weight is 227 g/mol. The third-order valence-electron chi connectivity index (χ3n) is 2.60. The Labute approximate surface area is 99.1 Å². The van der Waals surface area contributed by atoms with Crippen molar-refractivity contribution in [3.63, 3.8) is 0 Å². The van der Waals surface area contributed by atoms with E-state index in [9.17, 15) is 0 Å². The normalized spacial score (nSPS) is 14.6. The Morgan fingerprint density at radius 1 is 1.06 bits per heavy atom. The summed E-state index contributed by atoms with van der Waals surface area (Å²) in [6.45, 7) is 0. The van der Waals surface area contributed by atoms with Crippen LogP contribution in [-0.4, -0.2) is 21.0 Å². The quantitative estimate of drug-likeness (QED) is 0.834. The van der Waals surface area contributed by atoms with Crippen molar-refractivity contribution >= 4 is 11.9 Å². The molecule has 0 aliphatic heterocycles. The second-order valence-electron chi connectivity index (χ2n) is 4.13. The highest BCUT2D eigenvalue weighted by Crippen LogP contribution is 2.24. The fourth-order valence-corrected chi connectivity index (χ4v) is 1.58. The summed E-state index contributed by atoms with van der Waals surface area (Å²) in [5, 5.41) is 3.22. The molecule has 1 saturated carbocycles. The SMILES string of the molecule is Nc1nc(NC2CC2)nc(-c2ccccc2)n1. The molecule has 0 saturated heterocycles. The number of nitrogens with two attached hydrogens (primary N) is 1. The summed E-state index contributed by atoms with van der Waals surface area (Å²) < 4.78 is 0. The molecular weight excluding hydrogens is 214 g/mol. The number of hydrogen-bond donors (Lipinski definition) is 2. The lowest BCUT2D eigenvalue weighted by Crippen LogP contribution is -2.09. The van der Waals surface area contributed by atoms with E-state index in [1.165, 1.54) is 12.8 Å². The van der Waals surface area contributed by atoms with E-state index < -0.39 is 0 Å². The van der Waals surface area contributed by atoms with Gasteiger partial charge in [-0.05, 0) is 12.8 Å². The molecule has 0 atom stereocenters. The fraction of sp³-hybridized carbons (Fsp3) is 0.250.